The predicted molar refractivity (Wildman–Crippen MR) is 64.1 cm³/mol. The number of nitrogens with zero attached hydrogens (tertiary/aromatic N) is 3. The van der Waals surface area contributed by atoms with Crippen LogP contribution in [-0.2, 0) is 19.6 Å². The zero-order valence-corrected chi connectivity index (χ0v) is 10.8. The Hall–Kier alpha value is -2.15. The van der Waals surface area contributed by atoms with Gasteiger partial charge < -0.3 is 18.9 Å². The summed E-state index contributed by atoms with van der Waals surface area (Å²) in [6, 6.07) is 3.09. The number of aliphatic hydroxyl groups excluding tert-OH is 1. The molecule has 0 aromatic carbocycles. The van der Waals surface area contributed by atoms with Gasteiger partial charge in [0, 0.05) is 13.5 Å². The molecular weight excluding hydrogens is 250 g/mol. The maximum absolute atomic E-state index is 12.0. The van der Waals surface area contributed by atoms with E-state index in [4.69, 9.17) is 14.0 Å². The molecule has 7 nitrogen and oxygen atoms in total. The monoisotopic (exact) mass is 265 g/mol. The predicted octanol–water partition coefficient (Wildman–Crippen LogP) is 0.990. The molecule has 0 bridgehead atoms. The van der Waals surface area contributed by atoms with Crippen LogP contribution in [0.15, 0.2) is 21.1 Å². The van der Waals surface area contributed by atoms with Gasteiger partial charge in [-0.25, -0.2) is 0 Å². The fourth-order valence-electron chi connectivity index (χ4n) is 1.55. The van der Waals surface area contributed by atoms with E-state index in [1.807, 2.05) is 6.92 Å². The summed E-state index contributed by atoms with van der Waals surface area (Å²) < 4.78 is 10.1. The van der Waals surface area contributed by atoms with Crippen LogP contribution in [-0.4, -0.2) is 33.1 Å². The molecule has 2 rings (SSSR count). The molecular formula is C12H15N3O4. The van der Waals surface area contributed by atoms with Crippen molar-refractivity contribution >= 4 is 5.91 Å². The second kappa shape index (κ2) is 5.66. The highest BCUT2D eigenvalue weighted by Gasteiger charge is 2.18. The van der Waals surface area contributed by atoms with E-state index in [2.05, 4.69) is 10.1 Å². The molecule has 102 valence electrons. The van der Waals surface area contributed by atoms with Crippen LogP contribution < -0.4 is 0 Å². The lowest BCUT2D eigenvalue weighted by atomic mass is 10.3. The lowest BCUT2D eigenvalue weighted by molar-refractivity contribution is 0.0744. The van der Waals surface area contributed by atoms with Gasteiger partial charge in [-0.1, -0.05) is 12.1 Å². The third kappa shape index (κ3) is 3.00. The Morgan fingerprint density at radius 3 is 2.84 bits per heavy atom. The number of aryl methyl sites for hydroxylation is 1. The van der Waals surface area contributed by atoms with E-state index >= 15 is 0 Å². The molecule has 0 radical (unpaired) electrons. The highest BCUT2D eigenvalue weighted by molar-refractivity contribution is 5.91. The lowest BCUT2D eigenvalue weighted by Gasteiger charge is -2.12. The summed E-state index contributed by atoms with van der Waals surface area (Å²) in [4.78, 5) is 17.6. The third-order valence-corrected chi connectivity index (χ3v) is 2.57. The average molecular weight is 265 g/mol. The topological polar surface area (TPSA) is 92.6 Å². The number of aliphatic hydroxyl groups is 1. The summed E-state index contributed by atoms with van der Waals surface area (Å²) >= 11 is 0. The number of furan rings is 1. The molecule has 2 aromatic rings. The molecule has 1 N–H and O–H groups in total. The Morgan fingerprint density at radius 1 is 1.47 bits per heavy atom. The van der Waals surface area contributed by atoms with Crippen molar-refractivity contribution in [3.63, 3.8) is 0 Å². The van der Waals surface area contributed by atoms with Crippen molar-refractivity contribution in [2.24, 2.45) is 0 Å². The van der Waals surface area contributed by atoms with Gasteiger partial charge in [0.25, 0.3) is 5.91 Å². The molecule has 2 aromatic heterocycles. The van der Waals surface area contributed by atoms with E-state index in [0.717, 1.165) is 0 Å². The minimum Gasteiger partial charge on any atom is -0.453 e. The first-order valence-corrected chi connectivity index (χ1v) is 5.90. The van der Waals surface area contributed by atoms with E-state index in [1.54, 1.807) is 13.1 Å². The van der Waals surface area contributed by atoms with Crippen molar-refractivity contribution in [1.29, 1.82) is 0 Å². The Bertz CT molecular complexity index is 561. The van der Waals surface area contributed by atoms with Crippen molar-refractivity contribution in [1.82, 2.24) is 15.0 Å². The molecule has 0 spiro atoms. The standard InChI is InChI=1S/C12H15N3O4/c1-3-11-13-10(14-19-11)6-15(2)12(17)9-5-4-8(7-16)18-9/h4-5,16H,3,6-7H2,1-2H3. The van der Waals surface area contributed by atoms with Crippen LogP contribution in [0.2, 0.25) is 0 Å². The van der Waals surface area contributed by atoms with Gasteiger partial charge in [-0.05, 0) is 12.1 Å². The summed E-state index contributed by atoms with van der Waals surface area (Å²) in [6.07, 6.45) is 0.655. The van der Waals surface area contributed by atoms with Crippen LogP contribution in [0.3, 0.4) is 0 Å². The first-order valence-electron chi connectivity index (χ1n) is 5.90. The summed E-state index contributed by atoms with van der Waals surface area (Å²) in [5, 5.41) is 12.7. The molecule has 0 saturated heterocycles. The number of aromatic nitrogens is 2. The van der Waals surface area contributed by atoms with Crippen molar-refractivity contribution < 1.29 is 18.8 Å². The van der Waals surface area contributed by atoms with Crippen LogP contribution in [0.5, 0.6) is 0 Å². The number of carbonyl (C=O) groups is 1. The van der Waals surface area contributed by atoms with Crippen LogP contribution in [0.4, 0.5) is 0 Å². The fraction of sp³-hybridized carbons (Fsp3) is 0.417. The molecule has 7 heteroatoms. The Labute approximate surface area is 109 Å². The van der Waals surface area contributed by atoms with Gasteiger partial charge in [-0.3, -0.25) is 4.79 Å². The summed E-state index contributed by atoms with van der Waals surface area (Å²) in [5.41, 5.74) is 0. The fourth-order valence-corrected chi connectivity index (χ4v) is 1.55. The van der Waals surface area contributed by atoms with Crippen LogP contribution in [0.1, 0.15) is 35.0 Å². The molecule has 0 aliphatic rings. The molecule has 19 heavy (non-hydrogen) atoms. The molecule has 0 aliphatic heterocycles. The maximum atomic E-state index is 12.0. The number of hydrogen-bond acceptors (Lipinski definition) is 6. The van der Waals surface area contributed by atoms with Gasteiger partial charge in [-0.15, -0.1) is 0 Å². The minimum atomic E-state index is -0.303. The van der Waals surface area contributed by atoms with E-state index in [1.165, 1.54) is 11.0 Å². The highest BCUT2D eigenvalue weighted by Crippen LogP contribution is 2.11. The Balaban J connectivity index is 2.02. The van der Waals surface area contributed by atoms with Gasteiger partial charge in [0.2, 0.25) is 5.89 Å². The van der Waals surface area contributed by atoms with Crippen LogP contribution in [0.25, 0.3) is 0 Å². The van der Waals surface area contributed by atoms with Gasteiger partial charge in [-0.2, -0.15) is 4.98 Å². The Morgan fingerprint density at radius 2 is 2.26 bits per heavy atom. The van der Waals surface area contributed by atoms with E-state index < -0.39 is 0 Å². The number of amides is 1. The number of carbonyl (C=O) groups excluding carboxylic acids is 1. The maximum Gasteiger partial charge on any atom is 0.289 e. The molecule has 2 heterocycles. The van der Waals surface area contributed by atoms with Crippen molar-refractivity contribution in [3.8, 4) is 0 Å². The molecule has 0 fully saturated rings. The molecule has 1 amide bonds. The summed E-state index contributed by atoms with van der Waals surface area (Å²) in [5.74, 6) is 1.20. The first kappa shape index (κ1) is 13.3. The quantitative estimate of drug-likeness (QED) is 0.866. The second-order valence-electron chi connectivity index (χ2n) is 4.04. The van der Waals surface area contributed by atoms with Gasteiger partial charge in [0.05, 0.1) is 6.54 Å². The van der Waals surface area contributed by atoms with Crippen LogP contribution in [0, 0.1) is 0 Å². The highest BCUT2D eigenvalue weighted by atomic mass is 16.5. The van der Waals surface area contributed by atoms with Gasteiger partial charge in [0.1, 0.15) is 12.4 Å². The summed E-state index contributed by atoms with van der Waals surface area (Å²) in [6.45, 7) is 1.91. The zero-order chi connectivity index (χ0) is 13.8. The summed E-state index contributed by atoms with van der Waals surface area (Å²) in [7, 11) is 1.62. The van der Waals surface area contributed by atoms with Crippen molar-refractivity contribution in [2.45, 2.75) is 26.5 Å². The van der Waals surface area contributed by atoms with E-state index in [0.29, 0.717) is 23.9 Å². The normalized spacial score (nSPS) is 10.7. The molecule has 0 saturated carbocycles. The first-order chi connectivity index (χ1) is 9.13. The van der Waals surface area contributed by atoms with E-state index in [9.17, 15) is 4.79 Å². The van der Waals surface area contributed by atoms with Crippen molar-refractivity contribution in [2.75, 3.05) is 7.05 Å². The molecule has 0 aliphatic carbocycles. The largest absolute Gasteiger partial charge is 0.453 e. The van der Waals surface area contributed by atoms with Gasteiger partial charge >= 0.3 is 0 Å². The SMILES string of the molecule is CCc1nc(CN(C)C(=O)c2ccc(CO)o2)no1. The second-order valence-corrected chi connectivity index (χ2v) is 4.04. The van der Waals surface area contributed by atoms with Crippen LogP contribution >= 0.6 is 0 Å². The molecule has 0 unspecified atom stereocenters. The number of rotatable bonds is 5. The third-order valence-electron chi connectivity index (χ3n) is 2.57. The Kier molecular flexibility index (Phi) is 3.96. The average Bonchev–Trinajstić information content (AvgIpc) is 3.06. The minimum absolute atomic E-state index is 0.172. The number of hydrogen-bond donors (Lipinski definition) is 1. The van der Waals surface area contributed by atoms with E-state index in [-0.39, 0.29) is 24.8 Å². The zero-order valence-electron chi connectivity index (χ0n) is 10.8. The smallest absolute Gasteiger partial charge is 0.289 e. The lowest BCUT2D eigenvalue weighted by Crippen LogP contribution is -2.26. The van der Waals surface area contributed by atoms with Gasteiger partial charge in [0.15, 0.2) is 11.6 Å². The van der Waals surface area contributed by atoms with Crippen molar-refractivity contribution in [3.05, 3.63) is 35.4 Å². The molecule has 0 atom stereocenters.